The van der Waals surface area contributed by atoms with Crippen molar-refractivity contribution < 1.29 is 23.1 Å². The second kappa shape index (κ2) is 7.46. The van der Waals surface area contributed by atoms with Gasteiger partial charge in [-0.1, -0.05) is 6.07 Å². The lowest BCUT2D eigenvalue weighted by molar-refractivity contribution is 0.0407. The summed E-state index contributed by atoms with van der Waals surface area (Å²) in [5, 5.41) is 22.0. The van der Waals surface area contributed by atoms with Gasteiger partial charge in [0.25, 0.3) is 0 Å². The van der Waals surface area contributed by atoms with E-state index in [1.54, 1.807) is 30.3 Å². The zero-order chi connectivity index (χ0) is 24.1. The molecule has 2 aliphatic rings. The molecule has 0 radical (unpaired) electrons. The van der Waals surface area contributed by atoms with Crippen LogP contribution >= 0.6 is 0 Å². The molecule has 1 aromatic carbocycles. The molecule has 2 N–H and O–H groups in total. The van der Waals surface area contributed by atoms with Crippen LogP contribution in [0.5, 0.6) is 17.5 Å². The van der Waals surface area contributed by atoms with Crippen LogP contribution in [0.2, 0.25) is 0 Å². The van der Waals surface area contributed by atoms with Crippen molar-refractivity contribution in [3.63, 3.8) is 0 Å². The van der Waals surface area contributed by atoms with Crippen molar-refractivity contribution in [3.05, 3.63) is 48.7 Å². The normalized spacial score (nSPS) is 28.6. The van der Waals surface area contributed by atoms with Gasteiger partial charge in [-0.05, 0) is 48.7 Å². The molecule has 0 amide bonds. The maximum absolute atomic E-state index is 14.7. The van der Waals surface area contributed by atoms with Gasteiger partial charge in [-0.2, -0.15) is 0 Å². The van der Waals surface area contributed by atoms with Crippen LogP contribution in [0.1, 0.15) is 17.5 Å². The molecule has 1 saturated heterocycles. The van der Waals surface area contributed by atoms with Crippen molar-refractivity contribution in [2.75, 3.05) is 13.6 Å². The Balaban J connectivity index is 1.32. The Morgan fingerprint density at radius 3 is 2.74 bits per heavy atom. The van der Waals surface area contributed by atoms with Gasteiger partial charge in [0.15, 0.2) is 6.17 Å². The fraction of sp³-hybridized carbons (Fsp3) is 0.348. The molecule has 3 heterocycles. The van der Waals surface area contributed by atoms with Crippen molar-refractivity contribution in [2.24, 2.45) is 5.92 Å². The lowest BCUT2D eigenvalue weighted by Crippen LogP contribution is -2.53. The summed E-state index contributed by atoms with van der Waals surface area (Å²) >= 11 is 0. The predicted molar refractivity (Wildman–Crippen MR) is 113 cm³/mol. The van der Waals surface area contributed by atoms with Gasteiger partial charge in [0.05, 0.1) is 22.4 Å². The first-order chi connectivity index (χ1) is 16.1. The molecule has 3 aromatic rings. The van der Waals surface area contributed by atoms with Gasteiger partial charge in [-0.3, -0.25) is 0 Å². The van der Waals surface area contributed by atoms with Crippen molar-refractivity contribution in [2.45, 2.75) is 31.2 Å². The fourth-order valence-corrected chi connectivity index (χ4v) is 4.49. The third-order valence-electron chi connectivity index (χ3n) is 6.16. The number of ether oxygens (including phenoxy) is 2. The standard InChI is InChI=1S/C23H23FN4O3/c1-23-11-15(12-26-23)21(22(23)24)31-19-6-5-17(27-28-19)16-4-3-13(9-18(16)29)14-7-8-25-20(10-14)30-2/h3-10,15,21-22,26,29H,11-12H2,1-2H3/t15-,21-,22-,23-/m1/s1/i2D3. The number of hydrogen-bond acceptors (Lipinski definition) is 7. The maximum atomic E-state index is 14.7. The molecule has 1 saturated carbocycles. The molecule has 2 bridgehead atoms. The lowest BCUT2D eigenvalue weighted by Gasteiger charge is -2.32. The Hall–Kier alpha value is -3.26. The number of piperidine rings is 1. The zero-order valence-electron chi connectivity index (χ0n) is 19.7. The monoisotopic (exact) mass is 425 g/mol. The number of nitrogens with zero attached hydrogens (tertiary/aromatic N) is 3. The summed E-state index contributed by atoms with van der Waals surface area (Å²) in [6.07, 6.45) is 0.480. The average molecular weight is 425 g/mol. The minimum absolute atomic E-state index is 0.0357. The van der Waals surface area contributed by atoms with Crippen molar-refractivity contribution in [1.82, 2.24) is 20.5 Å². The number of halogens is 1. The number of hydrogen-bond donors (Lipinski definition) is 2. The molecule has 5 rings (SSSR count). The molecule has 0 unspecified atom stereocenters. The second-order valence-corrected chi connectivity index (χ2v) is 8.22. The molecular weight excluding hydrogens is 399 g/mol. The Morgan fingerprint density at radius 2 is 2.03 bits per heavy atom. The van der Waals surface area contributed by atoms with E-state index in [9.17, 15) is 9.50 Å². The highest BCUT2D eigenvalue weighted by atomic mass is 19.1. The number of aromatic nitrogens is 3. The van der Waals surface area contributed by atoms with Crippen LogP contribution in [-0.4, -0.2) is 51.7 Å². The highest BCUT2D eigenvalue weighted by Gasteiger charge is 2.57. The summed E-state index contributed by atoms with van der Waals surface area (Å²) in [6, 6.07) is 11.4. The van der Waals surface area contributed by atoms with E-state index in [1.165, 1.54) is 18.3 Å². The highest BCUT2D eigenvalue weighted by molar-refractivity contribution is 5.74. The largest absolute Gasteiger partial charge is 0.507 e. The summed E-state index contributed by atoms with van der Waals surface area (Å²) in [6.45, 7) is 2.59. The number of phenolic OH excluding ortho intramolecular Hbond substituents is 1. The average Bonchev–Trinajstić information content (AvgIpc) is 3.28. The first kappa shape index (κ1) is 16.4. The number of rotatable bonds is 5. The van der Waals surface area contributed by atoms with Crippen molar-refractivity contribution >= 4 is 0 Å². The third kappa shape index (κ3) is 3.46. The van der Waals surface area contributed by atoms with Crippen LogP contribution < -0.4 is 14.8 Å². The van der Waals surface area contributed by atoms with Crippen LogP contribution in [0.25, 0.3) is 22.4 Å². The number of phenols is 1. The third-order valence-corrected chi connectivity index (χ3v) is 6.16. The molecule has 160 valence electrons. The first-order valence-corrected chi connectivity index (χ1v) is 10.00. The molecular formula is C23H23FN4O3. The topological polar surface area (TPSA) is 89.4 Å². The molecule has 31 heavy (non-hydrogen) atoms. The Bertz CT molecular complexity index is 1210. The molecule has 1 aliphatic carbocycles. The Morgan fingerprint density at radius 1 is 1.16 bits per heavy atom. The van der Waals surface area contributed by atoms with E-state index >= 15 is 0 Å². The molecule has 7 nitrogen and oxygen atoms in total. The fourth-order valence-electron chi connectivity index (χ4n) is 4.49. The maximum Gasteiger partial charge on any atom is 0.233 e. The molecule has 2 aromatic heterocycles. The Labute approximate surface area is 183 Å². The molecule has 2 fully saturated rings. The smallest absolute Gasteiger partial charge is 0.233 e. The minimum atomic E-state index is -2.61. The number of nitrogens with one attached hydrogen (secondary N) is 1. The molecule has 4 atom stereocenters. The van der Waals surface area contributed by atoms with Crippen LogP contribution in [0.15, 0.2) is 48.7 Å². The Kier molecular flexibility index (Phi) is 3.95. The van der Waals surface area contributed by atoms with Crippen LogP contribution in [-0.2, 0) is 0 Å². The zero-order valence-corrected chi connectivity index (χ0v) is 16.7. The SMILES string of the molecule is [2H]C([2H])([2H])Oc1cc(-c2ccc(-c3ccc(O[C@@H]4[C@H]5CN[C@](C)(C5)[C@@H]4F)nn3)c(O)c2)ccn1. The quantitative estimate of drug-likeness (QED) is 0.648. The van der Waals surface area contributed by atoms with E-state index in [0.717, 1.165) is 6.42 Å². The van der Waals surface area contributed by atoms with E-state index in [4.69, 9.17) is 13.6 Å². The van der Waals surface area contributed by atoms with Crippen molar-refractivity contribution in [3.8, 4) is 39.9 Å². The summed E-state index contributed by atoms with van der Waals surface area (Å²) in [5.74, 6) is 0.254. The van der Waals surface area contributed by atoms with Gasteiger partial charge in [0.1, 0.15) is 11.9 Å². The van der Waals surface area contributed by atoms with E-state index in [1.807, 2.05) is 6.92 Å². The van der Waals surface area contributed by atoms with E-state index in [0.29, 0.717) is 28.9 Å². The van der Waals surface area contributed by atoms with Gasteiger partial charge in [-0.25, -0.2) is 9.37 Å². The summed E-state index contributed by atoms with van der Waals surface area (Å²) < 4.78 is 47.0. The highest BCUT2D eigenvalue weighted by Crippen LogP contribution is 2.43. The van der Waals surface area contributed by atoms with E-state index in [-0.39, 0.29) is 23.4 Å². The van der Waals surface area contributed by atoms with Crippen LogP contribution in [0.4, 0.5) is 4.39 Å². The van der Waals surface area contributed by atoms with Crippen molar-refractivity contribution in [1.29, 1.82) is 0 Å². The molecule has 8 heteroatoms. The number of alkyl halides is 1. The lowest BCUT2D eigenvalue weighted by atomic mass is 9.99. The van der Waals surface area contributed by atoms with Gasteiger partial charge in [-0.15, -0.1) is 10.2 Å². The minimum Gasteiger partial charge on any atom is -0.507 e. The summed E-state index contributed by atoms with van der Waals surface area (Å²) in [4.78, 5) is 3.90. The molecule has 0 spiro atoms. The number of pyridine rings is 1. The van der Waals surface area contributed by atoms with E-state index < -0.39 is 24.9 Å². The molecule has 1 aliphatic heterocycles. The number of benzene rings is 1. The van der Waals surface area contributed by atoms with Gasteiger partial charge in [0.2, 0.25) is 11.8 Å². The van der Waals surface area contributed by atoms with Gasteiger partial charge >= 0.3 is 0 Å². The van der Waals surface area contributed by atoms with E-state index in [2.05, 4.69) is 20.5 Å². The summed E-state index contributed by atoms with van der Waals surface area (Å²) in [5.41, 5.74) is 1.59. The number of methoxy groups -OCH3 is 1. The van der Waals surface area contributed by atoms with Gasteiger partial charge in [0, 0.05) is 36.4 Å². The van der Waals surface area contributed by atoms with Crippen LogP contribution in [0.3, 0.4) is 0 Å². The summed E-state index contributed by atoms with van der Waals surface area (Å²) in [7, 11) is -2.61. The second-order valence-electron chi connectivity index (χ2n) is 8.22. The number of aromatic hydroxyl groups is 1. The first-order valence-electron chi connectivity index (χ1n) is 11.5. The van der Waals surface area contributed by atoms with Crippen LogP contribution in [0, 0.1) is 5.92 Å². The predicted octanol–water partition coefficient (Wildman–Crippen LogP) is 3.39. The number of fused-ring (bicyclic) bond motifs is 2. The van der Waals surface area contributed by atoms with Gasteiger partial charge < -0.3 is 19.9 Å².